The van der Waals surface area contributed by atoms with Crippen molar-refractivity contribution >= 4 is 5.82 Å². The highest BCUT2D eigenvalue weighted by atomic mass is 16.7. The van der Waals surface area contributed by atoms with Crippen LogP contribution in [0, 0.1) is 0 Å². The van der Waals surface area contributed by atoms with Crippen molar-refractivity contribution in [2.75, 3.05) is 12.5 Å². The first kappa shape index (κ1) is 16.3. The molecule has 0 radical (unpaired) electrons. The second kappa shape index (κ2) is 6.70. The largest absolute Gasteiger partial charge is 0.454 e. The number of hydrogen-bond acceptors (Lipinski definition) is 6. The minimum Gasteiger partial charge on any atom is -0.454 e. The van der Waals surface area contributed by atoms with Gasteiger partial charge in [-0.15, -0.1) is 0 Å². The molecule has 2 N–H and O–H groups in total. The highest BCUT2D eigenvalue weighted by Crippen LogP contribution is 2.35. The second-order valence-electron chi connectivity index (χ2n) is 6.43. The van der Waals surface area contributed by atoms with Crippen LogP contribution < -0.4 is 15.2 Å². The normalized spacial score (nSPS) is 12.3. The van der Waals surface area contributed by atoms with Crippen LogP contribution in [0.2, 0.25) is 0 Å². The van der Waals surface area contributed by atoms with Crippen molar-refractivity contribution in [3.8, 4) is 28.6 Å². The van der Waals surface area contributed by atoms with Gasteiger partial charge in [0.05, 0.1) is 5.69 Å². The van der Waals surface area contributed by atoms with Crippen molar-refractivity contribution in [3.05, 3.63) is 78.5 Å². The van der Waals surface area contributed by atoms with Crippen LogP contribution in [0.15, 0.2) is 67.3 Å². The van der Waals surface area contributed by atoms with Gasteiger partial charge in [-0.2, -0.15) is 4.98 Å². The zero-order valence-electron chi connectivity index (χ0n) is 14.9. The Morgan fingerprint density at radius 1 is 1.00 bits per heavy atom. The third-order valence-corrected chi connectivity index (χ3v) is 4.61. The van der Waals surface area contributed by atoms with Crippen LogP contribution in [0.25, 0.3) is 17.1 Å². The molecule has 0 bridgehead atoms. The third-order valence-electron chi connectivity index (χ3n) is 4.61. The van der Waals surface area contributed by atoms with Crippen LogP contribution in [0.1, 0.15) is 11.3 Å². The van der Waals surface area contributed by atoms with E-state index in [4.69, 9.17) is 20.2 Å². The molecule has 0 atom stereocenters. The standard InChI is InChI=1S/C21H17N5O2/c22-20-19(15-4-2-1-3-5-15)16(24-21(25-20)26-9-8-23-12-26)10-14-6-7-17-18(11-14)28-13-27-17/h1-9,11-12H,10,13H2,(H2,22,24,25). The Morgan fingerprint density at radius 2 is 1.86 bits per heavy atom. The summed E-state index contributed by atoms with van der Waals surface area (Å²) in [5.74, 6) is 2.43. The molecule has 0 spiro atoms. The lowest BCUT2D eigenvalue weighted by Crippen LogP contribution is -2.09. The Kier molecular flexibility index (Phi) is 3.90. The summed E-state index contributed by atoms with van der Waals surface area (Å²) >= 11 is 0. The lowest BCUT2D eigenvalue weighted by molar-refractivity contribution is 0.174. The smallest absolute Gasteiger partial charge is 0.237 e. The number of ether oxygens (including phenoxy) is 2. The van der Waals surface area contributed by atoms with Gasteiger partial charge in [0.2, 0.25) is 12.7 Å². The number of aromatic nitrogens is 4. The fourth-order valence-electron chi connectivity index (χ4n) is 3.30. The molecule has 0 saturated heterocycles. The van der Waals surface area contributed by atoms with Gasteiger partial charge in [-0.1, -0.05) is 36.4 Å². The van der Waals surface area contributed by atoms with Gasteiger partial charge in [-0.05, 0) is 23.3 Å². The van der Waals surface area contributed by atoms with E-state index in [1.807, 2.05) is 48.5 Å². The Balaban J connectivity index is 1.63. The molecule has 0 aliphatic carbocycles. The SMILES string of the molecule is Nc1nc(-n2ccnc2)nc(Cc2ccc3c(c2)OCO3)c1-c1ccccc1. The maximum atomic E-state index is 6.37. The molecule has 0 fully saturated rings. The van der Waals surface area contributed by atoms with E-state index in [-0.39, 0.29) is 6.79 Å². The molecule has 2 aromatic heterocycles. The summed E-state index contributed by atoms with van der Waals surface area (Å²) in [5, 5.41) is 0. The molecular weight excluding hydrogens is 354 g/mol. The Morgan fingerprint density at radius 3 is 2.68 bits per heavy atom. The first-order valence-corrected chi connectivity index (χ1v) is 8.86. The van der Waals surface area contributed by atoms with E-state index < -0.39 is 0 Å². The molecule has 7 heteroatoms. The van der Waals surface area contributed by atoms with Gasteiger partial charge in [0.25, 0.3) is 0 Å². The van der Waals surface area contributed by atoms with E-state index >= 15 is 0 Å². The molecule has 138 valence electrons. The average molecular weight is 371 g/mol. The lowest BCUT2D eigenvalue weighted by atomic mass is 9.99. The molecule has 1 aliphatic rings. The molecule has 3 heterocycles. The minimum absolute atomic E-state index is 0.249. The molecule has 0 amide bonds. The maximum absolute atomic E-state index is 6.37. The minimum atomic E-state index is 0.249. The molecule has 0 saturated carbocycles. The van der Waals surface area contributed by atoms with Crippen LogP contribution in [0.3, 0.4) is 0 Å². The number of rotatable bonds is 4. The van der Waals surface area contributed by atoms with E-state index in [1.54, 1.807) is 23.3 Å². The van der Waals surface area contributed by atoms with E-state index in [2.05, 4.69) is 9.97 Å². The molecule has 7 nitrogen and oxygen atoms in total. The predicted octanol–water partition coefficient (Wildman–Crippen LogP) is 3.23. The molecule has 28 heavy (non-hydrogen) atoms. The number of imidazole rings is 1. The van der Waals surface area contributed by atoms with Crippen LogP contribution in [0.4, 0.5) is 5.82 Å². The van der Waals surface area contributed by atoms with Crippen molar-refractivity contribution in [1.82, 2.24) is 19.5 Å². The third kappa shape index (κ3) is 2.92. The summed E-state index contributed by atoms with van der Waals surface area (Å²) in [6, 6.07) is 15.8. The summed E-state index contributed by atoms with van der Waals surface area (Å²) in [6.45, 7) is 0.249. The van der Waals surface area contributed by atoms with Gasteiger partial charge in [-0.25, -0.2) is 9.97 Å². The molecule has 1 aliphatic heterocycles. The van der Waals surface area contributed by atoms with Gasteiger partial charge in [-0.3, -0.25) is 4.57 Å². The monoisotopic (exact) mass is 371 g/mol. The highest BCUT2D eigenvalue weighted by Gasteiger charge is 2.18. The number of fused-ring (bicyclic) bond motifs is 1. The zero-order valence-corrected chi connectivity index (χ0v) is 14.9. The predicted molar refractivity (Wildman–Crippen MR) is 104 cm³/mol. The number of benzene rings is 2. The van der Waals surface area contributed by atoms with E-state index in [0.29, 0.717) is 18.2 Å². The average Bonchev–Trinajstić information content (AvgIpc) is 3.40. The second-order valence-corrected chi connectivity index (χ2v) is 6.43. The number of nitrogens with zero attached hydrogens (tertiary/aromatic N) is 4. The first-order chi connectivity index (χ1) is 13.8. The number of nitrogen functional groups attached to an aromatic ring is 1. The van der Waals surface area contributed by atoms with Crippen LogP contribution in [-0.2, 0) is 6.42 Å². The molecule has 5 rings (SSSR count). The van der Waals surface area contributed by atoms with E-state index in [0.717, 1.165) is 33.9 Å². The first-order valence-electron chi connectivity index (χ1n) is 8.86. The van der Waals surface area contributed by atoms with Crippen molar-refractivity contribution in [3.63, 3.8) is 0 Å². The highest BCUT2D eigenvalue weighted by molar-refractivity contribution is 5.76. The van der Waals surface area contributed by atoms with Crippen LogP contribution in [-0.4, -0.2) is 26.3 Å². The van der Waals surface area contributed by atoms with Gasteiger partial charge < -0.3 is 15.2 Å². The van der Waals surface area contributed by atoms with Crippen LogP contribution >= 0.6 is 0 Å². The summed E-state index contributed by atoms with van der Waals surface area (Å²) in [7, 11) is 0. The van der Waals surface area contributed by atoms with Crippen molar-refractivity contribution in [2.45, 2.75) is 6.42 Å². The van der Waals surface area contributed by atoms with E-state index in [9.17, 15) is 0 Å². The summed E-state index contributed by atoms with van der Waals surface area (Å²) in [5.41, 5.74) is 10.1. The fraction of sp³-hybridized carbons (Fsp3) is 0.0952. The quantitative estimate of drug-likeness (QED) is 0.592. The van der Waals surface area contributed by atoms with Gasteiger partial charge in [0.15, 0.2) is 11.5 Å². The lowest BCUT2D eigenvalue weighted by Gasteiger charge is -2.14. The maximum Gasteiger partial charge on any atom is 0.237 e. The number of hydrogen-bond donors (Lipinski definition) is 1. The Bertz CT molecular complexity index is 1130. The van der Waals surface area contributed by atoms with Crippen molar-refractivity contribution in [2.24, 2.45) is 0 Å². The number of nitrogens with two attached hydrogens (primary N) is 1. The molecule has 2 aromatic carbocycles. The molecule has 4 aromatic rings. The summed E-state index contributed by atoms with van der Waals surface area (Å²) in [4.78, 5) is 13.4. The Hall–Kier alpha value is -3.87. The summed E-state index contributed by atoms with van der Waals surface area (Å²) in [6.07, 6.45) is 5.71. The van der Waals surface area contributed by atoms with Gasteiger partial charge in [0.1, 0.15) is 12.1 Å². The zero-order chi connectivity index (χ0) is 18.9. The van der Waals surface area contributed by atoms with Gasteiger partial charge >= 0.3 is 0 Å². The molecule has 0 unspecified atom stereocenters. The number of anilines is 1. The van der Waals surface area contributed by atoms with Crippen LogP contribution in [0.5, 0.6) is 11.5 Å². The van der Waals surface area contributed by atoms with Crippen molar-refractivity contribution < 1.29 is 9.47 Å². The van der Waals surface area contributed by atoms with Gasteiger partial charge in [0, 0.05) is 24.4 Å². The fourth-order valence-corrected chi connectivity index (χ4v) is 3.30. The topological polar surface area (TPSA) is 88.1 Å². The summed E-state index contributed by atoms with van der Waals surface area (Å²) < 4.78 is 12.7. The van der Waals surface area contributed by atoms with E-state index in [1.165, 1.54) is 0 Å². The van der Waals surface area contributed by atoms with Crippen molar-refractivity contribution in [1.29, 1.82) is 0 Å². The molecular formula is C21H17N5O2. The Labute approximate surface area is 161 Å².